The van der Waals surface area contributed by atoms with Crippen LogP contribution in [0.4, 0.5) is 5.82 Å². The lowest BCUT2D eigenvalue weighted by atomic mass is 10.2. The van der Waals surface area contributed by atoms with Crippen LogP contribution in [0.5, 0.6) is 0 Å². The fourth-order valence-electron chi connectivity index (χ4n) is 1.41. The predicted molar refractivity (Wildman–Crippen MR) is 71.2 cm³/mol. The first-order valence-corrected chi connectivity index (χ1v) is 8.94. The Balaban J connectivity index is 3.07. The third-order valence-electron chi connectivity index (χ3n) is 2.09. The largest absolute Gasteiger partial charge is 0.486 e. The second-order valence-electron chi connectivity index (χ2n) is 4.76. The van der Waals surface area contributed by atoms with Crippen molar-refractivity contribution in [1.29, 1.82) is 5.26 Å². The molecule has 0 saturated carbocycles. The first-order valence-electron chi connectivity index (χ1n) is 5.53. The minimum absolute atomic E-state index is 0.571. The summed E-state index contributed by atoms with van der Waals surface area (Å²) in [4.78, 5) is 4.12. The molecule has 98 valence electrons. The number of hydrogen-bond acceptors (Lipinski definition) is 5. The minimum atomic E-state index is -1.81. The molecular formula is C11H18N4O2Si. The Morgan fingerprint density at radius 2 is 2.22 bits per heavy atom. The number of hydrogen-bond donors (Lipinski definition) is 0. The molecule has 0 fully saturated rings. The number of aromatic nitrogens is 2. The molecule has 7 heteroatoms. The number of rotatable bonds is 5. The topological polar surface area (TPSA) is 72.4 Å². The normalized spacial score (nSPS) is 13.6. The average Bonchev–Trinajstić information content (AvgIpc) is 2.63. The van der Waals surface area contributed by atoms with Crippen LogP contribution in [0.15, 0.2) is 11.2 Å². The van der Waals surface area contributed by atoms with Crippen molar-refractivity contribution in [3.8, 4) is 6.07 Å². The molecule has 0 N–H and O–H groups in total. The first kappa shape index (κ1) is 14.4. The molecule has 1 aromatic rings. The Morgan fingerprint density at radius 3 is 2.72 bits per heavy atom. The van der Waals surface area contributed by atoms with Gasteiger partial charge in [-0.3, -0.25) is 4.68 Å². The minimum Gasteiger partial charge on any atom is -0.486 e. The Morgan fingerprint density at radius 1 is 1.56 bits per heavy atom. The van der Waals surface area contributed by atoms with Crippen molar-refractivity contribution in [1.82, 2.24) is 9.78 Å². The van der Waals surface area contributed by atoms with Crippen molar-refractivity contribution in [2.24, 2.45) is 12.0 Å². The van der Waals surface area contributed by atoms with E-state index in [0.717, 1.165) is 0 Å². The quantitative estimate of drug-likeness (QED) is 0.465. The van der Waals surface area contributed by atoms with Gasteiger partial charge in [-0.2, -0.15) is 10.4 Å². The van der Waals surface area contributed by atoms with E-state index in [1.165, 1.54) is 13.5 Å². The Hall–Kier alpha value is -1.65. The van der Waals surface area contributed by atoms with Crippen LogP contribution in [0.2, 0.25) is 19.6 Å². The van der Waals surface area contributed by atoms with Crippen molar-refractivity contribution in [2.75, 3.05) is 7.11 Å². The van der Waals surface area contributed by atoms with Gasteiger partial charge in [-0.05, 0) is 19.6 Å². The number of aryl methyl sites for hydroxylation is 1. The van der Waals surface area contributed by atoms with E-state index >= 15 is 0 Å². The Bertz CT molecular complexity index is 470. The zero-order valence-corrected chi connectivity index (χ0v) is 12.3. The standard InChI is InChI=1S/C11H18N4O2Si/c1-15-11(13-8-16-2)9(7-14-15)10(6-12)17-18(3,4)5/h7-8,10H,1-5H3/b13-8+. The van der Waals surface area contributed by atoms with Gasteiger partial charge in [0, 0.05) is 7.05 Å². The number of nitrogens with zero attached hydrogens (tertiary/aromatic N) is 4. The summed E-state index contributed by atoms with van der Waals surface area (Å²) in [5.74, 6) is 0.571. The molecule has 1 rings (SSSR count). The molecule has 1 unspecified atom stereocenters. The summed E-state index contributed by atoms with van der Waals surface area (Å²) in [7, 11) is 1.46. The van der Waals surface area contributed by atoms with Gasteiger partial charge >= 0.3 is 0 Å². The van der Waals surface area contributed by atoms with Gasteiger partial charge in [0.1, 0.15) is 0 Å². The molecule has 1 heterocycles. The summed E-state index contributed by atoms with van der Waals surface area (Å²) in [5, 5.41) is 13.3. The second kappa shape index (κ2) is 5.80. The Labute approximate surface area is 108 Å². The van der Waals surface area contributed by atoms with Crippen LogP contribution in [-0.2, 0) is 16.2 Å². The third-order valence-corrected chi connectivity index (χ3v) is 3.03. The zero-order valence-electron chi connectivity index (χ0n) is 11.3. The van der Waals surface area contributed by atoms with Crippen LogP contribution < -0.4 is 0 Å². The van der Waals surface area contributed by atoms with E-state index in [1.54, 1.807) is 17.9 Å². The maximum Gasteiger partial charge on any atom is 0.186 e. The van der Waals surface area contributed by atoms with Gasteiger partial charge in [0.15, 0.2) is 26.6 Å². The van der Waals surface area contributed by atoms with Gasteiger partial charge in [0.05, 0.1) is 24.9 Å². The maximum absolute atomic E-state index is 9.23. The van der Waals surface area contributed by atoms with Crippen LogP contribution in [0.3, 0.4) is 0 Å². The fraction of sp³-hybridized carbons (Fsp3) is 0.545. The van der Waals surface area contributed by atoms with Crippen molar-refractivity contribution in [2.45, 2.75) is 25.7 Å². The van der Waals surface area contributed by atoms with E-state index in [2.05, 4.69) is 16.2 Å². The highest BCUT2D eigenvalue weighted by Crippen LogP contribution is 2.29. The summed E-state index contributed by atoms with van der Waals surface area (Å²) >= 11 is 0. The van der Waals surface area contributed by atoms with Gasteiger partial charge in [-0.25, -0.2) is 4.99 Å². The summed E-state index contributed by atoms with van der Waals surface area (Å²) in [5.41, 5.74) is 0.663. The van der Waals surface area contributed by atoms with Crippen molar-refractivity contribution in [3.63, 3.8) is 0 Å². The van der Waals surface area contributed by atoms with E-state index < -0.39 is 14.4 Å². The molecule has 0 amide bonds. The summed E-state index contributed by atoms with van der Waals surface area (Å²) in [6, 6.07) is 2.15. The lowest BCUT2D eigenvalue weighted by molar-refractivity contribution is 0.255. The van der Waals surface area contributed by atoms with Crippen LogP contribution in [0, 0.1) is 11.3 Å². The first-order chi connectivity index (χ1) is 8.39. The highest BCUT2D eigenvalue weighted by Gasteiger charge is 2.25. The molecule has 0 bridgehead atoms. The molecule has 6 nitrogen and oxygen atoms in total. The molecule has 18 heavy (non-hydrogen) atoms. The van der Waals surface area contributed by atoms with Gasteiger partial charge in [-0.15, -0.1) is 0 Å². The molecule has 0 radical (unpaired) electrons. The van der Waals surface area contributed by atoms with Crippen LogP contribution in [0.1, 0.15) is 11.7 Å². The number of aliphatic imine (C=N–C) groups is 1. The van der Waals surface area contributed by atoms with Gasteiger partial charge in [0.25, 0.3) is 0 Å². The lowest BCUT2D eigenvalue weighted by Gasteiger charge is -2.21. The van der Waals surface area contributed by atoms with E-state index in [4.69, 9.17) is 9.16 Å². The predicted octanol–water partition coefficient (Wildman–Crippen LogP) is 2.14. The Kier molecular flexibility index (Phi) is 4.64. The van der Waals surface area contributed by atoms with Crippen molar-refractivity contribution >= 4 is 20.5 Å². The monoisotopic (exact) mass is 266 g/mol. The SMILES string of the molecule is CO/C=N/c1c(C(C#N)O[Si](C)(C)C)cnn1C. The number of methoxy groups -OCH3 is 1. The van der Waals surface area contributed by atoms with E-state index in [0.29, 0.717) is 11.4 Å². The van der Waals surface area contributed by atoms with Crippen molar-refractivity contribution < 1.29 is 9.16 Å². The molecule has 0 aliphatic carbocycles. The van der Waals surface area contributed by atoms with Gasteiger partial charge in [0.2, 0.25) is 0 Å². The molecule has 0 aliphatic heterocycles. The zero-order chi connectivity index (χ0) is 13.8. The lowest BCUT2D eigenvalue weighted by Crippen LogP contribution is -2.27. The highest BCUT2D eigenvalue weighted by molar-refractivity contribution is 6.69. The highest BCUT2D eigenvalue weighted by atomic mass is 28.4. The van der Waals surface area contributed by atoms with E-state index in [-0.39, 0.29) is 0 Å². The number of nitriles is 1. The molecule has 1 aromatic heterocycles. The van der Waals surface area contributed by atoms with Crippen LogP contribution in [-0.4, -0.2) is 31.6 Å². The van der Waals surface area contributed by atoms with Crippen LogP contribution >= 0.6 is 0 Å². The van der Waals surface area contributed by atoms with E-state index in [9.17, 15) is 5.26 Å². The summed E-state index contributed by atoms with van der Waals surface area (Å²) in [6.45, 7) is 6.10. The summed E-state index contributed by atoms with van der Waals surface area (Å²) in [6.07, 6.45) is 2.27. The molecule has 0 saturated heterocycles. The van der Waals surface area contributed by atoms with Crippen molar-refractivity contribution in [3.05, 3.63) is 11.8 Å². The van der Waals surface area contributed by atoms with Gasteiger partial charge < -0.3 is 9.16 Å². The second-order valence-corrected chi connectivity index (χ2v) is 9.22. The number of ether oxygens (including phenoxy) is 1. The summed E-state index contributed by atoms with van der Waals surface area (Å²) < 4.78 is 12.2. The average molecular weight is 266 g/mol. The molecule has 0 spiro atoms. The fourth-order valence-corrected chi connectivity index (χ4v) is 2.29. The third kappa shape index (κ3) is 3.68. The smallest absolute Gasteiger partial charge is 0.186 e. The maximum atomic E-state index is 9.23. The molecule has 1 atom stereocenters. The van der Waals surface area contributed by atoms with Crippen LogP contribution in [0.25, 0.3) is 0 Å². The molecule has 0 aliphatic rings. The van der Waals surface area contributed by atoms with E-state index in [1.807, 2.05) is 19.6 Å². The van der Waals surface area contributed by atoms with Gasteiger partial charge in [-0.1, -0.05) is 0 Å². The molecular weight excluding hydrogens is 248 g/mol. The molecule has 0 aromatic carbocycles.